The van der Waals surface area contributed by atoms with Gasteiger partial charge in [0.25, 0.3) is 0 Å². The van der Waals surface area contributed by atoms with E-state index in [0.717, 1.165) is 0 Å². The number of nitrogen functional groups attached to an aromatic ring is 2. The first-order valence-corrected chi connectivity index (χ1v) is 11.0. The number of nitrogens with one attached hydrogen (secondary N) is 2. The number of carbonyl (C=O) groups excluding carboxylic acids is 2. The third kappa shape index (κ3) is 2.92. The Bertz CT molecular complexity index is 1480. The molecule has 8 nitrogen and oxygen atoms in total. The lowest BCUT2D eigenvalue weighted by Gasteiger charge is -2.19. The molecule has 0 radical (unpaired) electrons. The molecule has 4 aromatic rings. The van der Waals surface area contributed by atoms with Crippen LogP contribution in [0.5, 0.6) is 0 Å². The van der Waals surface area contributed by atoms with E-state index in [0.29, 0.717) is 68.5 Å². The van der Waals surface area contributed by atoms with E-state index in [-0.39, 0.29) is 11.1 Å². The zero-order valence-electron chi connectivity index (χ0n) is 18.7. The lowest BCUT2D eigenvalue weighted by atomic mass is 9.84. The number of benzene rings is 2. The summed E-state index contributed by atoms with van der Waals surface area (Å²) in [5.74, 6) is -3.08. The maximum Gasteiger partial charge on any atom is 0.232 e. The third-order valence-electron chi connectivity index (χ3n) is 6.37. The van der Waals surface area contributed by atoms with Crippen molar-refractivity contribution in [3.63, 3.8) is 0 Å². The van der Waals surface area contributed by atoms with E-state index < -0.39 is 23.1 Å². The summed E-state index contributed by atoms with van der Waals surface area (Å²) in [6, 6.07) is 10.3. The SMILES string of the molecule is CCc1[nH]c2ccc(N)cc2c1C1=C(O)C(=O)C(c2c(CC)[nH]c3ccc(N)cc23)=C(O)C1=O. The highest BCUT2D eigenvalue weighted by Gasteiger charge is 2.39. The molecule has 172 valence electrons. The lowest BCUT2D eigenvalue weighted by Crippen LogP contribution is -2.23. The first-order chi connectivity index (χ1) is 16.3. The molecule has 8 N–H and O–H groups in total. The van der Waals surface area contributed by atoms with Gasteiger partial charge in [0.1, 0.15) is 0 Å². The number of aliphatic hydroxyl groups excluding tert-OH is 2. The summed E-state index contributed by atoms with van der Waals surface area (Å²) in [5.41, 5.74) is 15.8. The van der Waals surface area contributed by atoms with Crippen molar-refractivity contribution in [2.24, 2.45) is 0 Å². The van der Waals surface area contributed by atoms with E-state index in [9.17, 15) is 19.8 Å². The molecular formula is C26H24N4O4. The molecule has 1 aliphatic carbocycles. The largest absolute Gasteiger partial charge is 0.504 e. The number of rotatable bonds is 4. The topological polar surface area (TPSA) is 158 Å². The Morgan fingerprint density at radius 3 is 1.44 bits per heavy atom. The number of aromatic nitrogens is 2. The summed E-state index contributed by atoms with van der Waals surface area (Å²) in [5, 5.41) is 23.4. The van der Waals surface area contributed by atoms with Crippen molar-refractivity contribution in [3.05, 3.63) is 70.4 Å². The average molecular weight is 457 g/mol. The van der Waals surface area contributed by atoms with Crippen LogP contribution in [-0.4, -0.2) is 31.7 Å². The van der Waals surface area contributed by atoms with Crippen LogP contribution in [0.4, 0.5) is 11.4 Å². The Kier molecular flexibility index (Phi) is 4.75. The van der Waals surface area contributed by atoms with Gasteiger partial charge in [0, 0.05) is 55.7 Å². The summed E-state index contributed by atoms with van der Waals surface area (Å²) < 4.78 is 0. The summed E-state index contributed by atoms with van der Waals surface area (Å²) in [6.07, 6.45) is 1.00. The predicted molar refractivity (Wildman–Crippen MR) is 133 cm³/mol. The highest BCUT2D eigenvalue weighted by atomic mass is 16.3. The number of H-pyrrole nitrogens is 2. The predicted octanol–water partition coefficient (Wildman–Crippen LogP) is 4.33. The van der Waals surface area contributed by atoms with Gasteiger partial charge in [0.05, 0.1) is 11.1 Å². The second kappa shape index (κ2) is 7.55. The second-order valence-electron chi connectivity index (χ2n) is 8.38. The van der Waals surface area contributed by atoms with Crippen molar-refractivity contribution in [1.82, 2.24) is 9.97 Å². The van der Waals surface area contributed by atoms with E-state index in [1.165, 1.54) is 0 Å². The smallest absolute Gasteiger partial charge is 0.232 e. The number of hydrogen-bond acceptors (Lipinski definition) is 6. The Labute approximate surface area is 194 Å². The number of allylic oxidation sites excluding steroid dienone is 2. The van der Waals surface area contributed by atoms with Gasteiger partial charge in [-0.3, -0.25) is 9.59 Å². The number of nitrogens with two attached hydrogens (primary N) is 2. The molecule has 0 saturated carbocycles. The number of carbonyl (C=O) groups is 2. The molecule has 0 amide bonds. The summed E-state index contributed by atoms with van der Waals surface area (Å²) in [7, 11) is 0. The maximum atomic E-state index is 13.5. The van der Waals surface area contributed by atoms with Crippen LogP contribution in [0, 0.1) is 0 Å². The number of fused-ring (bicyclic) bond motifs is 2. The number of Topliss-reactive ketones (excluding diaryl/α,β-unsaturated/α-hetero) is 2. The molecule has 2 aromatic carbocycles. The van der Waals surface area contributed by atoms with Crippen LogP contribution in [0.25, 0.3) is 33.0 Å². The number of anilines is 2. The van der Waals surface area contributed by atoms with Crippen LogP contribution >= 0.6 is 0 Å². The Morgan fingerprint density at radius 1 is 0.706 bits per heavy atom. The minimum atomic E-state index is -0.828. The van der Waals surface area contributed by atoms with E-state index in [2.05, 4.69) is 9.97 Å². The zero-order valence-corrected chi connectivity index (χ0v) is 18.7. The standard InChI is InChI=1S/C26H24N4O4/c1-3-15-19(13-9-11(27)5-7-17(13)29-15)21-23(31)25(33)22(26(34)24(21)32)20-14-10-12(28)6-8-18(14)30-16(20)4-2/h5-10,29-31,34H,3-4,27-28H2,1-2H3. The molecule has 2 aromatic heterocycles. The van der Waals surface area contributed by atoms with Gasteiger partial charge in [-0.1, -0.05) is 13.8 Å². The molecule has 0 bridgehead atoms. The van der Waals surface area contributed by atoms with Crippen molar-refractivity contribution in [1.29, 1.82) is 0 Å². The molecule has 0 unspecified atom stereocenters. The Hall–Kier alpha value is -4.46. The number of aliphatic hydroxyl groups is 2. The van der Waals surface area contributed by atoms with Crippen LogP contribution < -0.4 is 11.5 Å². The van der Waals surface area contributed by atoms with Crippen LogP contribution in [0.3, 0.4) is 0 Å². The maximum absolute atomic E-state index is 13.5. The minimum absolute atomic E-state index is 0.239. The van der Waals surface area contributed by atoms with E-state index >= 15 is 0 Å². The molecule has 8 heteroatoms. The van der Waals surface area contributed by atoms with Crippen LogP contribution in [-0.2, 0) is 22.4 Å². The molecule has 0 atom stereocenters. The van der Waals surface area contributed by atoms with Gasteiger partial charge in [-0.2, -0.15) is 0 Å². The number of hydrogen-bond donors (Lipinski definition) is 6. The first kappa shape index (κ1) is 21.4. The van der Waals surface area contributed by atoms with Gasteiger partial charge in [-0.25, -0.2) is 0 Å². The monoisotopic (exact) mass is 456 g/mol. The first-order valence-electron chi connectivity index (χ1n) is 11.0. The Morgan fingerprint density at radius 2 is 1.09 bits per heavy atom. The molecule has 0 saturated heterocycles. The molecule has 5 rings (SSSR count). The fourth-order valence-corrected chi connectivity index (χ4v) is 4.77. The van der Waals surface area contributed by atoms with E-state index in [1.807, 2.05) is 13.8 Å². The molecule has 0 spiro atoms. The highest BCUT2D eigenvalue weighted by molar-refractivity contribution is 6.48. The van der Waals surface area contributed by atoms with Crippen LogP contribution in [0.15, 0.2) is 47.9 Å². The van der Waals surface area contributed by atoms with Crippen molar-refractivity contribution >= 4 is 55.9 Å². The van der Waals surface area contributed by atoms with Crippen molar-refractivity contribution in [3.8, 4) is 0 Å². The van der Waals surface area contributed by atoms with E-state index in [1.54, 1.807) is 36.4 Å². The number of aromatic amines is 2. The zero-order chi connectivity index (χ0) is 24.3. The highest BCUT2D eigenvalue weighted by Crippen LogP contribution is 2.41. The molecule has 2 heterocycles. The minimum Gasteiger partial charge on any atom is -0.504 e. The number of ketones is 2. The molecule has 0 fully saturated rings. The normalized spacial score (nSPS) is 14.8. The fourth-order valence-electron chi connectivity index (χ4n) is 4.77. The quantitative estimate of drug-likeness (QED) is 0.198. The van der Waals surface area contributed by atoms with Crippen molar-refractivity contribution in [2.75, 3.05) is 11.5 Å². The molecular weight excluding hydrogens is 432 g/mol. The molecule has 0 aliphatic heterocycles. The van der Waals surface area contributed by atoms with Gasteiger partial charge in [0.2, 0.25) is 11.6 Å². The summed E-state index contributed by atoms with van der Waals surface area (Å²) in [6.45, 7) is 3.77. The van der Waals surface area contributed by atoms with Crippen molar-refractivity contribution in [2.45, 2.75) is 26.7 Å². The number of aryl methyl sites for hydroxylation is 2. The lowest BCUT2D eigenvalue weighted by molar-refractivity contribution is -0.116. The van der Waals surface area contributed by atoms with Gasteiger partial charge in [-0.05, 0) is 49.2 Å². The van der Waals surface area contributed by atoms with E-state index in [4.69, 9.17) is 11.5 Å². The van der Waals surface area contributed by atoms with Gasteiger partial charge < -0.3 is 31.6 Å². The van der Waals surface area contributed by atoms with Crippen LogP contribution in [0.1, 0.15) is 36.4 Å². The average Bonchev–Trinajstić information content (AvgIpc) is 3.36. The van der Waals surface area contributed by atoms with Gasteiger partial charge >= 0.3 is 0 Å². The summed E-state index contributed by atoms with van der Waals surface area (Å²) >= 11 is 0. The van der Waals surface area contributed by atoms with Crippen molar-refractivity contribution < 1.29 is 19.8 Å². The van der Waals surface area contributed by atoms with Crippen LogP contribution in [0.2, 0.25) is 0 Å². The fraction of sp³-hybridized carbons (Fsp3) is 0.154. The molecule has 1 aliphatic rings. The van der Waals surface area contributed by atoms with Gasteiger partial charge in [-0.15, -0.1) is 0 Å². The molecule has 34 heavy (non-hydrogen) atoms. The summed E-state index contributed by atoms with van der Waals surface area (Å²) in [4.78, 5) is 33.5. The third-order valence-corrected chi connectivity index (χ3v) is 6.37. The Balaban J connectivity index is 1.77. The van der Waals surface area contributed by atoms with Gasteiger partial charge in [0.15, 0.2) is 11.5 Å². The second-order valence-corrected chi connectivity index (χ2v) is 8.38.